The summed E-state index contributed by atoms with van der Waals surface area (Å²) in [6, 6.07) is 5.14. The van der Waals surface area contributed by atoms with Crippen LogP contribution in [0.2, 0.25) is 0 Å². The van der Waals surface area contributed by atoms with Gasteiger partial charge in [-0.1, -0.05) is 0 Å². The normalized spacial score (nSPS) is 11.5. The summed E-state index contributed by atoms with van der Waals surface area (Å²) in [6.45, 7) is -0.0459. The van der Waals surface area contributed by atoms with E-state index in [1.54, 1.807) is 12.1 Å². The van der Waals surface area contributed by atoms with Crippen LogP contribution in [0, 0.1) is 11.3 Å². The van der Waals surface area contributed by atoms with Crippen LogP contribution in [0.3, 0.4) is 0 Å². The monoisotopic (exact) mass is 206 g/mol. The number of anilines is 1. The van der Waals surface area contributed by atoms with Crippen LogP contribution >= 0.6 is 0 Å². The third-order valence-electron chi connectivity index (χ3n) is 1.73. The van der Waals surface area contributed by atoms with E-state index < -0.39 is 12.0 Å². The molecule has 6 nitrogen and oxygen atoms in total. The van der Waals surface area contributed by atoms with Gasteiger partial charge >= 0.3 is 0 Å². The topological polar surface area (TPSA) is 112 Å². The second-order valence-corrected chi connectivity index (χ2v) is 2.81. The summed E-state index contributed by atoms with van der Waals surface area (Å²) in [5, 5.41) is 20.5. The van der Waals surface area contributed by atoms with Crippen LogP contribution in [0.15, 0.2) is 18.3 Å². The highest BCUT2D eigenvalue weighted by atomic mass is 16.3. The predicted molar refractivity (Wildman–Crippen MR) is 52.6 cm³/mol. The first-order valence-corrected chi connectivity index (χ1v) is 4.21. The average Bonchev–Trinajstić information content (AvgIpc) is 2.26. The molecule has 0 aliphatic heterocycles. The summed E-state index contributed by atoms with van der Waals surface area (Å²) in [7, 11) is 0. The quantitative estimate of drug-likeness (QED) is 0.597. The zero-order chi connectivity index (χ0) is 11.3. The van der Waals surface area contributed by atoms with Crippen LogP contribution < -0.4 is 11.1 Å². The van der Waals surface area contributed by atoms with Crippen molar-refractivity contribution in [3.63, 3.8) is 0 Å². The van der Waals surface area contributed by atoms with Crippen LogP contribution in [-0.4, -0.2) is 28.6 Å². The second kappa shape index (κ2) is 4.93. The molecule has 78 valence electrons. The number of pyridine rings is 1. The molecule has 0 fully saturated rings. The maximum absolute atomic E-state index is 10.5. The Bertz CT molecular complexity index is 399. The number of nitriles is 1. The fourth-order valence-electron chi connectivity index (χ4n) is 0.944. The molecule has 0 bridgehead atoms. The van der Waals surface area contributed by atoms with Crippen LogP contribution in [0.5, 0.6) is 0 Å². The Kier molecular flexibility index (Phi) is 3.60. The lowest BCUT2D eigenvalue weighted by atomic mass is 10.3. The molecule has 1 rings (SSSR count). The van der Waals surface area contributed by atoms with Gasteiger partial charge in [0.2, 0.25) is 5.91 Å². The summed E-state index contributed by atoms with van der Waals surface area (Å²) in [5.41, 5.74) is 5.52. The summed E-state index contributed by atoms with van der Waals surface area (Å²) >= 11 is 0. The minimum absolute atomic E-state index is 0.0459. The molecule has 1 atom stereocenters. The maximum atomic E-state index is 10.5. The molecular formula is C9H10N4O2. The molecule has 0 saturated carbocycles. The standard InChI is InChI=1S/C9H10N4O2/c10-4-7-6(2-1-3-12-7)13-5-8(14)9(11)15/h1-3,8,13-14H,5H2,(H2,11,15). The van der Waals surface area contributed by atoms with E-state index >= 15 is 0 Å². The molecule has 0 radical (unpaired) electrons. The molecule has 1 aromatic rings. The third-order valence-corrected chi connectivity index (χ3v) is 1.73. The zero-order valence-electron chi connectivity index (χ0n) is 7.84. The van der Waals surface area contributed by atoms with E-state index in [0.717, 1.165) is 0 Å². The van der Waals surface area contributed by atoms with Crippen molar-refractivity contribution < 1.29 is 9.90 Å². The van der Waals surface area contributed by atoms with Crippen molar-refractivity contribution in [3.8, 4) is 6.07 Å². The lowest BCUT2D eigenvalue weighted by Gasteiger charge is -2.09. The number of nitrogens with one attached hydrogen (secondary N) is 1. The molecule has 0 aromatic carbocycles. The number of primary amides is 1. The van der Waals surface area contributed by atoms with Crippen LogP contribution in [0.25, 0.3) is 0 Å². The molecule has 1 heterocycles. The molecular weight excluding hydrogens is 196 g/mol. The predicted octanol–water partition coefficient (Wildman–Crippen LogP) is -0.789. The number of carbonyl (C=O) groups is 1. The van der Waals surface area contributed by atoms with Crippen molar-refractivity contribution >= 4 is 11.6 Å². The first kappa shape index (κ1) is 10.9. The molecule has 4 N–H and O–H groups in total. The van der Waals surface area contributed by atoms with Crippen LogP contribution in [0.4, 0.5) is 5.69 Å². The minimum Gasteiger partial charge on any atom is -0.381 e. The number of aliphatic hydroxyl groups excluding tert-OH is 1. The smallest absolute Gasteiger partial charge is 0.248 e. The van der Waals surface area contributed by atoms with Gasteiger partial charge < -0.3 is 16.2 Å². The van der Waals surface area contributed by atoms with E-state index in [0.29, 0.717) is 5.69 Å². The van der Waals surface area contributed by atoms with Crippen molar-refractivity contribution in [2.45, 2.75) is 6.10 Å². The Hall–Kier alpha value is -2.13. The Morgan fingerprint density at radius 1 is 1.80 bits per heavy atom. The number of hydrogen-bond acceptors (Lipinski definition) is 5. The number of amides is 1. The van der Waals surface area contributed by atoms with Gasteiger partial charge in [-0.05, 0) is 12.1 Å². The number of aromatic nitrogens is 1. The second-order valence-electron chi connectivity index (χ2n) is 2.81. The highest BCUT2D eigenvalue weighted by molar-refractivity contribution is 5.79. The SMILES string of the molecule is N#Cc1ncccc1NCC(O)C(N)=O. The number of carbonyl (C=O) groups excluding carboxylic acids is 1. The number of nitrogens with two attached hydrogens (primary N) is 1. The third kappa shape index (κ3) is 2.93. The molecule has 1 aromatic heterocycles. The molecule has 6 heteroatoms. The number of nitrogens with zero attached hydrogens (tertiary/aromatic N) is 2. The Morgan fingerprint density at radius 2 is 2.53 bits per heavy atom. The van der Waals surface area contributed by atoms with Crippen molar-refractivity contribution in [3.05, 3.63) is 24.0 Å². The van der Waals surface area contributed by atoms with Gasteiger partial charge in [0.05, 0.1) is 5.69 Å². The van der Waals surface area contributed by atoms with Gasteiger partial charge in [-0.25, -0.2) is 4.98 Å². The maximum Gasteiger partial charge on any atom is 0.248 e. The van der Waals surface area contributed by atoms with Crippen molar-refractivity contribution in [2.75, 3.05) is 11.9 Å². The Labute approximate surface area is 86.3 Å². The molecule has 15 heavy (non-hydrogen) atoms. The summed E-state index contributed by atoms with van der Waals surface area (Å²) in [5.74, 6) is -0.815. The van der Waals surface area contributed by atoms with Gasteiger partial charge in [0.1, 0.15) is 12.2 Å². The van der Waals surface area contributed by atoms with E-state index in [-0.39, 0.29) is 12.2 Å². The molecule has 0 aliphatic carbocycles. The van der Waals surface area contributed by atoms with Gasteiger partial charge in [0, 0.05) is 12.7 Å². The molecule has 0 saturated heterocycles. The van der Waals surface area contributed by atoms with E-state index in [2.05, 4.69) is 10.3 Å². The Morgan fingerprint density at radius 3 is 3.13 bits per heavy atom. The van der Waals surface area contributed by atoms with Crippen molar-refractivity contribution in [1.29, 1.82) is 5.26 Å². The van der Waals surface area contributed by atoms with Gasteiger partial charge in [-0.3, -0.25) is 4.79 Å². The van der Waals surface area contributed by atoms with Gasteiger partial charge in [0.25, 0.3) is 0 Å². The van der Waals surface area contributed by atoms with E-state index in [1.165, 1.54) is 6.20 Å². The van der Waals surface area contributed by atoms with E-state index in [4.69, 9.17) is 16.1 Å². The van der Waals surface area contributed by atoms with Crippen molar-refractivity contribution in [2.24, 2.45) is 5.73 Å². The van der Waals surface area contributed by atoms with Crippen LogP contribution in [0.1, 0.15) is 5.69 Å². The zero-order valence-corrected chi connectivity index (χ0v) is 7.84. The van der Waals surface area contributed by atoms with Gasteiger partial charge in [0.15, 0.2) is 5.69 Å². The largest absolute Gasteiger partial charge is 0.381 e. The highest BCUT2D eigenvalue weighted by Crippen LogP contribution is 2.10. The van der Waals surface area contributed by atoms with Gasteiger partial charge in [-0.15, -0.1) is 0 Å². The fraction of sp³-hybridized carbons (Fsp3) is 0.222. The fourth-order valence-corrected chi connectivity index (χ4v) is 0.944. The van der Waals surface area contributed by atoms with Crippen LogP contribution in [-0.2, 0) is 4.79 Å². The summed E-state index contributed by atoms with van der Waals surface area (Å²) < 4.78 is 0. The number of aliphatic hydroxyl groups is 1. The lowest BCUT2D eigenvalue weighted by molar-refractivity contribution is -0.125. The highest BCUT2D eigenvalue weighted by Gasteiger charge is 2.11. The number of rotatable bonds is 4. The summed E-state index contributed by atoms with van der Waals surface area (Å²) in [4.78, 5) is 14.3. The van der Waals surface area contributed by atoms with E-state index in [9.17, 15) is 4.79 Å². The molecule has 0 aliphatic rings. The van der Waals surface area contributed by atoms with Gasteiger partial charge in [-0.2, -0.15) is 5.26 Å². The van der Waals surface area contributed by atoms with Crippen molar-refractivity contribution in [1.82, 2.24) is 4.98 Å². The van der Waals surface area contributed by atoms with E-state index in [1.807, 2.05) is 6.07 Å². The lowest BCUT2D eigenvalue weighted by Crippen LogP contribution is -2.34. The molecule has 1 unspecified atom stereocenters. The first-order valence-electron chi connectivity index (χ1n) is 4.21. The minimum atomic E-state index is -1.28. The summed E-state index contributed by atoms with van der Waals surface area (Å²) in [6.07, 6.45) is 0.200. The number of hydrogen-bond donors (Lipinski definition) is 3. The Balaban J connectivity index is 2.66. The average molecular weight is 206 g/mol. The first-order chi connectivity index (χ1) is 7.15. The molecule has 0 spiro atoms. The molecule has 1 amide bonds.